The van der Waals surface area contributed by atoms with Gasteiger partial charge in [-0.05, 0) is 12.5 Å². The van der Waals surface area contributed by atoms with Crippen molar-refractivity contribution in [1.29, 1.82) is 0 Å². The number of esters is 1. The summed E-state index contributed by atoms with van der Waals surface area (Å²) in [5, 5.41) is 28.4. The lowest BCUT2D eigenvalue weighted by molar-refractivity contribution is -0.386. The second kappa shape index (κ2) is 7.93. The first-order chi connectivity index (χ1) is 17.3. The number of nitrogens with zero attached hydrogens (tertiary/aromatic N) is 4. The zero-order valence-electron chi connectivity index (χ0n) is 19.1. The number of benzene rings is 1. The van der Waals surface area contributed by atoms with Crippen molar-refractivity contribution in [1.82, 2.24) is 9.55 Å². The van der Waals surface area contributed by atoms with Gasteiger partial charge in [-0.15, -0.1) is 0 Å². The molecule has 1 unspecified atom stereocenters. The number of aliphatic hydroxyl groups is 1. The maximum atomic E-state index is 13.5. The molecule has 3 aliphatic rings. The van der Waals surface area contributed by atoms with Crippen molar-refractivity contribution < 1.29 is 29.1 Å². The Labute approximate surface area is 202 Å². The van der Waals surface area contributed by atoms with E-state index in [1.165, 1.54) is 17.7 Å². The summed E-state index contributed by atoms with van der Waals surface area (Å²) in [6, 6.07) is 7.18. The molecule has 3 aliphatic heterocycles. The molecule has 184 valence electrons. The van der Waals surface area contributed by atoms with Crippen molar-refractivity contribution in [3.63, 3.8) is 0 Å². The van der Waals surface area contributed by atoms with Gasteiger partial charge in [-0.25, -0.2) is 9.78 Å². The maximum absolute atomic E-state index is 13.5. The molecule has 0 aliphatic carbocycles. The molecule has 0 radical (unpaired) electrons. The van der Waals surface area contributed by atoms with Crippen molar-refractivity contribution in [2.24, 2.45) is 5.16 Å². The molecule has 1 N–H and O–H groups in total. The minimum absolute atomic E-state index is 0.0129. The molecule has 36 heavy (non-hydrogen) atoms. The molecule has 2 aromatic heterocycles. The number of pyridine rings is 2. The molecule has 2 atom stereocenters. The smallest absolute Gasteiger partial charge is 0.343 e. The number of cyclic esters (lactones) is 1. The second-order valence-corrected chi connectivity index (χ2v) is 8.84. The summed E-state index contributed by atoms with van der Waals surface area (Å²) >= 11 is 0. The van der Waals surface area contributed by atoms with Gasteiger partial charge in [0.1, 0.15) is 30.7 Å². The molecule has 3 aromatic rings. The Morgan fingerprint density at radius 2 is 2.14 bits per heavy atom. The van der Waals surface area contributed by atoms with E-state index in [1.807, 2.05) is 12.1 Å². The fourth-order valence-corrected chi connectivity index (χ4v) is 4.91. The Hall–Kier alpha value is -4.16. The molecule has 6 rings (SSSR count). The molecule has 0 amide bonds. The van der Waals surface area contributed by atoms with Crippen LogP contribution < -0.4 is 5.56 Å². The third-order valence-electron chi connectivity index (χ3n) is 6.83. The summed E-state index contributed by atoms with van der Waals surface area (Å²) in [6.07, 6.45) is 1.31. The molecule has 0 saturated carbocycles. The molecule has 5 heterocycles. The van der Waals surface area contributed by atoms with E-state index in [2.05, 4.69) is 10.1 Å². The molecular formula is C24H20N4O8. The van der Waals surface area contributed by atoms with E-state index in [9.17, 15) is 24.8 Å². The van der Waals surface area contributed by atoms with Gasteiger partial charge in [-0.2, -0.15) is 0 Å². The monoisotopic (exact) mass is 492 g/mol. The van der Waals surface area contributed by atoms with Gasteiger partial charge in [0.15, 0.2) is 5.60 Å². The molecule has 1 fully saturated rings. The number of oxime groups is 1. The number of para-hydroxylation sites is 1. The zero-order valence-corrected chi connectivity index (χ0v) is 19.1. The normalized spacial score (nSPS) is 21.7. The minimum Gasteiger partial charge on any atom is -0.458 e. The van der Waals surface area contributed by atoms with E-state index >= 15 is 0 Å². The molecule has 12 heteroatoms. The first-order valence-corrected chi connectivity index (χ1v) is 11.4. The van der Waals surface area contributed by atoms with Gasteiger partial charge in [0.05, 0.1) is 40.9 Å². The average Bonchev–Trinajstić information content (AvgIpc) is 3.62. The third kappa shape index (κ3) is 3.14. The van der Waals surface area contributed by atoms with Crippen LogP contribution in [0.3, 0.4) is 0 Å². The molecule has 12 nitrogen and oxygen atoms in total. The van der Waals surface area contributed by atoms with E-state index in [1.54, 1.807) is 12.1 Å². The Morgan fingerprint density at radius 1 is 1.36 bits per heavy atom. The van der Waals surface area contributed by atoms with Crippen molar-refractivity contribution in [2.75, 3.05) is 13.2 Å². The van der Waals surface area contributed by atoms with Crippen LogP contribution in [0.25, 0.3) is 22.3 Å². The first-order valence-electron chi connectivity index (χ1n) is 11.4. The Balaban J connectivity index is 1.63. The number of fused-ring (bicyclic) bond motifs is 5. The highest BCUT2D eigenvalue weighted by Gasteiger charge is 2.52. The van der Waals surface area contributed by atoms with Gasteiger partial charge in [-0.3, -0.25) is 19.5 Å². The fraction of sp³-hybridized carbons (Fsp3) is 0.333. The number of hydrogen-bond donors (Lipinski definition) is 1. The minimum atomic E-state index is -2.33. The average molecular weight is 492 g/mol. The summed E-state index contributed by atoms with van der Waals surface area (Å²) in [6.45, 7) is 1.93. The summed E-state index contributed by atoms with van der Waals surface area (Å²) in [5.41, 5.74) is -2.07. The highest BCUT2D eigenvalue weighted by molar-refractivity contribution is 6.03. The van der Waals surface area contributed by atoms with E-state index < -0.39 is 34.3 Å². The number of nitro groups is 1. The van der Waals surface area contributed by atoms with E-state index in [-0.39, 0.29) is 41.6 Å². The van der Waals surface area contributed by atoms with Gasteiger partial charge >= 0.3 is 11.7 Å². The lowest BCUT2D eigenvalue weighted by Crippen LogP contribution is -2.45. The summed E-state index contributed by atoms with van der Waals surface area (Å²) in [4.78, 5) is 47.8. The number of carbonyl (C=O) groups excluding carboxylic acids is 1. The largest absolute Gasteiger partial charge is 0.458 e. The quantitative estimate of drug-likeness (QED) is 0.139. The van der Waals surface area contributed by atoms with Crippen molar-refractivity contribution in [2.45, 2.75) is 38.2 Å². The van der Waals surface area contributed by atoms with Gasteiger partial charge in [-0.1, -0.05) is 30.3 Å². The molecule has 0 bridgehead atoms. The topological polar surface area (TPSA) is 159 Å². The Bertz CT molecular complexity index is 1560. The van der Waals surface area contributed by atoms with Crippen LogP contribution in [0.2, 0.25) is 0 Å². The lowest BCUT2D eigenvalue weighted by Gasteiger charge is -2.31. The van der Waals surface area contributed by atoms with Crippen LogP contribution in [0.1, 0.15) is 35.6 Å². The molecular weight excluding hydrogens is 472 g/mol. The Kier molecular flexibility index (Phi) is 4.92. The van der Waals surface area contributed by atoms with E-state index in [4.69, 9.17) is 14.3 Å². The van der Waals surface area contributed by atoms with E-state index in [0.29, 0.717) is 29.9 Å². The van der Waals surface area contributed by atoms with Crippen molar-refractivity contribution in [3.05, 3.63) is 67.0 Å². The fourth-order valence-electron chi connectivity index (χ4n) is 4.91. The van der Waals surface area contributed by atoms with Gasteiger partial charge in [0.2, 0.25) is 0 Å². The van der Waals surface area contributed by atoms with Crippen LogP contribution in [0.5, 0.6) is 0 Å². The van der Waals surface area contributed by atoms with Crippen molar-refractivity contribution >= 4 is 28.8 Å². The zero-order chi connectivity index (χ0) is 25.2. The molecule has 0 spiro atoms. The Morgan fingerprint density at radius 3 is 2.86 bits per heavy atom. The van der Waals surface area contributed by atoms with Gasteiger partial charge in [0, 0.05) is 16.5 Å². The van der Waals surface area contributed by atoms with Crippen LogP contribution in [0, 0.1) is 10.1 Å². The van der Waals surface area contributed by atoms with Crippen LogP contribution >= 0.6 is 0 Å². The predicted octanol–water partition coefficient (Wildman–Crippen LogP) is 1.74. The van der Waals surface area contributed by atoms with E-state index in [0.717, 1.165) is 5.39 Å². The maximum Gasteiger partial charge on any atom is 0.343 e. The summed E-state index contributed by atoms with van der Waals surface area (Å²) < 4.78 is 11.4. The first kappa shape index (κ1) is 22.3. The third-order valence-corrected chi connectivity index (χ3v) is 6.83. The van der Waals surface area contributed by atoms with Crippen molar-refractivity contribution in [3.8, 4) is 11.4 Å². The summed E-state index contributed by atoms with van der Waals surface area (Å²) in [5.74, 6) is -1.03. The lowest BCUT2D eigenvalue weighted by atomic mass is 9.84. The van der Waals surface area contributed by atoms with Gasteiger partial charge in [0.25, 0.3) is 5.56 Å². The van der Waals surface area contributed by atoms with Gasteiger partial charge < -0.3 is 19.4 Å². The number of rotatable bonds is 6. The second-order valence-electron chi connectivity index (χ2n) is 8.84. The molecule has 1 saturated heterocycles. The van der Waals surface area contributed by atoms with Crippen LogP contribution in [-0.4, -0.2) is 51.1 Å². The van der Waals surface area contributed by atoms with Crippen LogP contribution in [0.15, 0.2) is 34.2 Å². The number of epoxide rings is 1. The number of aromatic nitrogens is 2. The molecule has 1 aromatic carbocycles. The SMILES string of the molecule is CC[C@@]1(O)C(=O)OCc2c1c([N+](=O)[O-])c1n(c2=O)Cc2c-1nc1ccccc1c2/C=N/OCC1CO1. The number of carbonyl (C=O) groups is 1. The predicted molar refractivity (Wildman–Crippen MR) is 124 cm³/mol. The highest BCUT2D eigenvalue weighted by atomic mass is 16.7. The highest BCUT2D eigenvalue weighted by Crippen LogP contribution is 2.46. The van der Waals surface area contributed by atoms with Crippen LogP contribution in [-0.2, 0) is 37.9 Å². The standard InChI is InChI=1S/C24H20N4O8/c1-2-24(31)18-16(11-35-23(24)30)22(29)27-8-15-14(7-25-36-10-12-9-34-12)13-5-3-4-6-17(13)26-19(15)21(27)20(18)28(32)33/h3-7,12,31H,2,8-11H2,1H3/b25-7+/t12?,24-/m0/s1. The number of ether oxygens (including phenoxy) is 2. The summed E-state index contributed by atoms with van der Waals surface area (Å²) in [7, 11) is 0. The van der Waals surface area contributed by atoms with Crippen LogP contribution in [0.4, 0.5) is 5.69 Å². The number of hydrogen-bond acceptors (Lipinski definition) is 10.